The molecule has 1 fully saturated rings. The van der Waals surface area contributed by atoms with Crippen LogP contribution in [0.2, 0.25) is 0 Å². The van der Waals surface area contributed by atoms with Gasteiger partial charge in [-0.3, -0.25) is 0 Å². The standard InChI is InChI=1S/C14H19NO2/c16-10-14(11-17-12-14)9-15-8-4-7-13-5-2-1-3-6-13/h1-7,15-16H,8-12H2/b7-4+. The molecule has 2 N–H and O–H groups in total. The molecule has 0 aliphatic carbocycles. The van der Waals surface area contributed by atoms with E-state index in [1.54, 1.807) is 0 Å². The van der Waals surface area contributed by atoms with Crippen molar-refractivity contribution in [1.82, 2.24) is 5.32 Å². The Morgan fingerprint density at radius 1 is 1.29 bits per heavy atom. The van der Waals surface area contributed by atoms with Gasteiger partial charge < -0.3 is 15.2 Å². The third-order valence-corrected chi connectivity index (χ3v) is 3.02. The van der Waals surface area contributed by atoms with Crippen LogP contribution in [0.15, 0.2) is 36.4 Å². The number of aliphatic hydroxyl groups excluding tert-OH is 1. The van der Waals surface area contributed by atoms with E-state index in [0.717, 1.165) is 13.1 Å². The summed E-state index contributed by atoms with van der Waals surface area (Å²) in [5.41, 5.74) is 1.17. The van der Waals surface area contributed by atoms with Crippen LogP contribution in [0.25, 0.3) is 6.08 Å². The summed E-state index contributed by atoms with van der Waals surface area (Å²) in [6, 6.07) is 10.2. The van der Waals surface area contributed by atoms with E-state index in [-0.39, 0.29) is 12.0 Å². The molecule has 0 atom stereocenters. The van der Waals surface area contributed by atoms with Gasteiger partial charge in [0.2, 0.25) is 0 Å². The highest BCUT2D eigenvalue weighted by atomic mass is 16.5. The van der Waals surface area contributed by atoms with E-state index in [2.05, 4.69) is 29.6 Å². The molecule has 0 bridgehead atoms. The van der Waals surface area contributed by atoms with Gasteiger partial charge in [0.25, 0.3) is 0 Å². The molecule has 1 aromatic rings. The minimum atomic E-state index is -0.0411. The fraction of sp³-hybridized carbons (Fsp3) is 0.429. The summed E-state index contributed by atoms with van der Waals surface area (Å²) in [5, 5.41) is 12.6. The van der Waals surface area contributed by atoms with Crippen LogP contribution in [0.3, 0.4) is 0 Å². The molecular weight excluding hydrogens is 214 g/mol. The number of rotatable bonds is 6. The zero-order valence-corrected chi connectivity index (χ0v) is 9.93. The van der Waals surface area contributed by atoms with Gasteiger partial charge in [0.05, 0.1) is 25.2 Å². The summed E-state index contributed by atoms with van der Waals surface area (Å²) in [4.78, 5) is 0. The number of hydrogen-bond acceptors (Lipinski definition) is 3. The van der Waals surface area contributed by atoms with Crippen LogP contribution in [0.1, 0.15) is 5.56 Å². The summed E-state index contributed by atoms with van der Waals surface area (Å²) in [7, 11) is 0. The number of hydrogen-bond donors (Lipinski definition) is 2. The molecule has 1 aliphatic rings. The first kappa shape index (κ1) is 12.3. The van der Waals surface area contributed by atoms with Gasteiger partial charge in [0, 0.05) is 13.1 Å². The second-order valence-electron chi connectivity index (χ2n) is 4.59. The summed E-state index contributed by atoms with van der Waals surface area (Å²) >= 11 is 0. The Labute approximate surface area is 102 Å². The maximum Gasteiger partial charge on any atom is 0.0579 e. The lowest BCUT2D eigenvalue weighted by atomic mass is 9.87. The van der Waals surface area contributed by atoms with E-state index in [1.165, 1.54) is 5.56 Å². The van der Waals surface area contributed by atoms with E-state index in [0.29, 0.717) is 13.2 Å². The van der Waals surface area contributed by atoms with Crippen molar-refractivity contribution in [2.45, 2.75) is 0 Å². The van der Waals surface area contributed by atoms with E-state index >= 15 is 0 Å². The zero-order chi connectivity index (χ0) is 12.0. The van der Waals surface area contributed by atoms with Gasteiger partial charge in [-0.1, -0.05) is 42.5 Å². The predicted molar refractivity (Wildman–Crippen MR) is 68.7 cm³/mol. The molecule has 0 unspecified atom stereocenters. The fourth-order valence-electron chi connectivity index (χ4n) is 1.82. The first-order valence-electron chi connectivity index (χ1n) is 5.96. The molecule has 0 aromatic heterocycles. The van der Waals surface area contributed by atoms with Crippen molar-refractivity contribution in [3.05, 3.63) is 42.0 Å². The molecule has 0 amide bonds. The topological polar surface area (TPSA) is 41.5 Å². The van der Waals surface area contributed by atoms with E-state index in [4.69, 9.17) is 4.74 Å². The third-order valence-electron chi connectivity index (χ3n) is 3.02. The second-order valence-corrected chi connectivity index (χ2v) is 4.59. The third kappa shape index (κ3) is 3.40. The molecule has 1 aromatic carbocycles. The summed E-state index contributed by atoms with van der Waals surface area (Å²) in [5.74, 6) is 0. The molecule has 1 saturated heterocycles. The van der Waals surface area contributed by atoms with Crippen molar-refractivity contribution in [3.8, 4) is 0 Å². The Morgan fingerprint density at radius 3 is 2.65 bits per heavy atom. The SMILES string of the molecule is OCC1(CNC/C=C/c2ccccc2)COC1. The van der Waals surface area contributed by atoms with Crippen LogP contribution in [-0.4, -0.2) is 38.0 Å². The Balaban J connectivity index is 1.68. The minimum Gasteiger partial charge on any atom is -0.396 e. The smallest absolute Gasteiger partial charge is 0.0579 e. The summed E-state index contributed by atoms with van der Waals surface area (Å²) < 4.78 is 5.14. The summed E-state index contributed by atoms with van der Waals surface area (Å²) in [6.45, 7) is 3.15. The maximum atomic E-state index is 9.23. The average molecular weight is 233 g/mol. The monoisotopic (exact) mass is 233 g/mol. The van der Waals surface area contributed by atoms with Gasteiger partial charge in [0.15, 0.2) is 0 Å². The van der Waals surface area contributed by atoms with E-state index in [9.17, 15) is 5.11 Å². The van der Waals surface area contributed by atoms with Gasteiger partial charge in [-0.15, -0.1) is 0 Å². The molecule has 17 heavy (non-hydrogen) atoms. The lowest BCUT2D eigenvalue weighted by molar-refractivity contribution is -0.133. The lowest BCUT2D eigenvalue weighted by Gasteiger charge is -2.39. The van der Waals surface area contributed by atoms with Gasteiger partial charge in [-0.05, 0) is 5.56 Å². The Hall–Kier alpha value is -1.16. The van der Waals surface area contributed by atoms with E-state index in [1.807, 2.05) is 18.2 Å². The predicted octanol–water partition coefficient (Wildman–Crippen LogP) is 1.30. The number of benzene rings is 1. The van der Waals surface area contributed by atoms with Crippen molar-refractivity contribution in [1.29, 1.82) is 0 Å². The van der Waals surface area contributed by atoms with Crippen LogP contribution >= 0.6 is 0 Å². The van der Waals surface area contributed by atoms with Crippen LogP contribution in [0.4, 0.5) is 0 Å². The fourth-order valence-corrected chi connectivity index (χ4v) is 1.82. The highest BCUT2D eigenvalue weighted by Crippen LogP contribution is 2.25. The van der Waals surface area contributed by atoms with Crippen LogP contribution in [0.5, 0.6) is 0 Å². The number of nitrogens with one attached hydrogen (secondary N) is 1. The Morgan fingerprint density at radius 2 is 2.06 bits per heavy atom. The van der Waals surface area contributed by atoms with Gasteiger partial charge in [-0.25, -0.2) is 0 Å². The first-order valence-corrected chi connectivity index (χ1v) is 5.96. The molecule has 3 nitrogen and oxygen atoms in total. The van der Waals surface area contributed by atoms with Crippen LogP contribution in [-0.2, 0) is 4.74 Å². The molecule has 3 heteroatoms. The Kier molecular flexibility index (Phi) is 4.31. The zero-order valence-electron chi connectivity index (χ0n) is 9.93. The van der Waals surface area contributed by atoms with Crippen molar-refractivity contribution in [2.75, 3.05) is 32.9 Å². The summed E-state index contributed by atoms with van der Waals surface area (Å²) in [6.07, 6.45) is 4.19. The lowest BCUT2D eigenvalue weighted by Crippen LogP contribution is -2.52. The molecule has 1 aliphatic heterocycles. The van der Waals surface area contributed by atoms with Gasteiger partial charge in [0.1, 0.15) is 0 Å². The quantitative estimate of drug-likeness (QED) is 0.728. The number of aliphatic hydroxyl groups is 1. The highest BCUT2D eigenvalue weighted by molar-refractivity contribution is 5.48. The maximum absolute atomic E-state index is 9.23. The molecular formula is C14H19NO2. The van der Waals surface area contributed by atoms with Gasteiger partial charge >= 0.3 is 0 Å². The van der Waals surface area contributed by atoms with Crippen molar-refractivity contribution >= 4 is 6.08 Å². The number of ether oxygens (including phenoxy) is 1. The van der Waals surface area contributed by atoms with Crippen molar-refractivity contribution in [3.63, 3.8) is 0 Å². The minimum absolute atomic E-state index is 0.0411. The van der Waals surface area contributed by atoms with Gasteiger partial charge in [-0.2, -0.15) is 0 Å². The molecule has 0 spiro atoms. The van der Waals surface area contributed by atoms with Crippen LogP contribution in [0, 0.1) is 5.41 Å². The van der Waals surface area contributed by atoms with Crippen molar-refractivity contribution in [2.24, 2.45) is 5.41 Å². The largest absolute Gasteiger partial charge is 0.396 e. The molecule has 0 radical (unpaired) electrons. The first-order chi connectivity index (χ1) is 8.35. The molecule has 2 rings (SSSR count). The molecule has 1 heterocycles. The average Bonchev–Trinajstić information content (AvgIpc) is 2.33. The molecule has 0 saturated carbocycles. The highest BCUT2D eigenvalue weighted by Gasteiger charge is 2.37. The normalized spacial score (nSPS) is 18.2. The van der Waals surface area contributed by atoms with Crippen LogP contribution < -0.4 is 5.32 Å². The van der Waals surface area contributed by atoms with E-state index < -0.39 is 0 Å². The van der Waals surface area contributed by atoms with Crippen molar-refractivity contribution < 1.29 is 9.84 Å². The second kappa shape index (κ2) is 5.96. The molecule has 92 valence electrons. The Bertz CT molecular complexity index is 352.